The summed E-state index contributed by atoms with van der Waals surface area (Å²) in [6, 6.07) is 16.1. The molecule has 0 atom stereocenters. The molecule has 2 aromatic heterocycles. The van der Waals surface area contributed by atoms with E-state index in [4.69, 9.17) is 23.2 Å². The first-order chi connectivity index (χ1) is 23.3. The van der Waals surface area contributed by atoms with Gasteiger partial charge in [0.2, 0.25) is 34.4 Å². The van der Waals surface area contributed by atoms with Gasteiger partial charge in [-0.25, -0.2) is 0 Å². The normalized spacial score (nSPS) is 10.6. The summed E-state index contributed by atoms with van der Waals surface area (Å²) in [5, 5.41) is 13.2. The van der Waals surface area contributed by atoms with Gasteiger partial charge in [0.25, 0.3) is 0 Å². The highest BCUT2D eigenvalue weighted by molar-refractivity contribution is 6.31. The molecule has 0 aliphatic rings. The smallest absolute Gasteiger partial charge is 0.233 e. The number of aromatic nitrogens is 6. The highest BCUT2D eigenvalue weighted by atomic mass is 35.5. The lowest BCUT2D eigenvalue weighted by Gasteiger charge is -2.12. The van der Waals surface area contributed by atoms with Crippen molar-refractivity contribution in [2.24, 2.45) is 0 Å². The molecule has 0 amide bonds. The van der Waals surface area contributed by atoms with E-state index in [1.54, 1.807) is 0 Å². The summed E-state index contributed by atoms with van der Waals surface area (Å²) in [5.41, 5.74) is 4.25. The molecule has 0 aliphatic carbocycles. The van der Waals surface area contributed by atoms with E-state index in [0.29, 0.717) is 23.8 Å². The molecule has 2 aromatic carbocycles. The van der Waals surface area contributed by atoms with Crippen molar-refractivity contribution in [1.29, 1.82) is 0 Å². The van der Waals surface area contributed by atoms with Crippen LogP contribution < -0.4 is 21.3 Å². The van der Waals surface area contributed by atoms with Gasteiger partial charge in [-0.3, -0.25) is 0 Å². The summed E-state index contributed by atoms with van der Waals surface area (Å²) < 4.78 is 0. The highest BCUT2D eigenvalue weighted by Crippen LogP contribution is 2.18. The van der Waals surface area contributed by atoms with Gasteiger partial charge >= 0.3 is 0 Å². The second-order valence-electron chi connectivity index (χ2n) is 11.9. The Balaban J connectivity index is 0.000000324. The van der Waals surface area contributed by atoms with Gasteiger partial charge in [-0.1, -0.05) is 113 Å². The fourth-order valence-corrected chi connectivity index (χ4v) is 5.08. The van der Waals surface area contributed by atoms with Gasteiger partial charge in [0.1, 0.15) is 0 Å². The largest absolute Gasteiger partial charge is 0.354 e. The SMILES string of the molecule is CCCCCCCCNc1nc(NCCCCCCCC)nc(Nc2ccc(C)cc2)n1.Cc1ccc(Nc2nc(Cl)nc(Cl)n2)cc1. The number of benzene rings is 2. The van der Waals surface area contributed by atoms with E-state index in [-0.39, 0.29) is 10.6 Å². The predicted molar refractivity (Wildman–Crippen MR) is 202 cm³/mol. The lowest BCUT2D eigenvalue weighted by Crippen LogP contribution is -2.12. The minimum atomic E-state index is 0.0645. The third kappa shape index (κ3) is 16.4. The number of hydrogen-bond donors (Lipinski definition) is 4. The van der Waals surface area contributed by atoms with Gasteiger partial charge in [0.05, 0.1) is 0 Å². The molecule has 0 saturated heterocycles. The van der Waals surface area contributed by atoms with E-state index in [1.165, 1.54) is 75.3 Å². The van der Waals surface area contributed by atoms with Crippen molar-refractivity contribution in [1.82, 2.24) is 29.9 Å². The molecule has 0 unspecified atom stereocenters. The first-order valence-electron chi connectivity index (χ1n) is 17.3. The topological polar surface area (TPSA) is 125 Å². The molecule has 0 fully saturated rings. The maximum absolute atomic E-state index is 5.65. The van der Waals surface area contributed by atoms with Gasteiger partial charge in [-0.05, 0) is 74.2 Å². The lowest BCUT2D eigenvalue weighted by molar-refractivity contribution is 0.615. The Bertz CT molecular complexity index is 1400. The first-order valence-corrected chi connectivity index (χ1v) is 18.1. The van der Waals surface area contributed by atoms with Crippen molar-refractivity contribution < 1.29 is 0 Å². The molecule has 48 heavy (non-hydrogen) atoms. The van der Waals surface area contributed by atoms with Gasteiger partial charge in [-0.15, -0.1) is 0 Å². The molecular formula is C36H52Cl2N10. The van der Waals surface area contributed by atoms with Crippen LogP contribution >= 0.6 is 23.2 Å². The van der Waals surface area contributed by atoms with E-state index >= 15 is 0 Å². The van der Waals surface area contributed by atoms with Crippen molar-refractivity contribution in [3.63, 3.8) is 0 Å². The molecule has 0 bridgehead atoms. The number of unbranched alkanes of at least 4 members (excludes halogenated alkanes) is 10. The van der Waals surface area contributed by atoms with E-state index in [0.717, 1.165) is 37.3 Å². The monoisotopic (exact) mass is 694 g/mol. The average Bonchev–Trinajstić information content (AvgIpc) is 3.06. The average molecular weight is 696 g/mol. The summed E-state index contributed by atoms with van der Waals surface area (Å²) >= 11 is 11.3. The summed E-state index contributed by atoms with van der Waals surface area (Å²) in [5.74, 6) is 2.16. The molecule has 4 rings (SSSR count). The molecule has 2 heterocycles. The van der Waals surface area contributed by atoms with Crippen LogP contribution in [-0.2, 0) is 0 Å². The van der Waals surface area contributed by atoms with Crippen LogP contribution in [0.3, 0.4) is 0 Å². The fraction of sp³-hybridized carbons (Fsp3) is 0.500. The van der Waals surface area contributed by atoms with Crippen molar-refractivity contribution in [2.45, 2.75) is 105 Å². The van der Waals surface area contributed by atoms with Crippen LogP contribution in [0.5, 0.6) is 0 Å². The lowest BCUT2D eigenvalue weighted by atomic mass is 10.1. The molecule has 0 spiro atoms. The molecule has 260 valence electrons. The Labute approximate surface area is 296 Å². The molecule has 12 heteroatoms. The predicted octanol–water partition coefficient (Wildman–Crippen LogP) is 10.7. The number of aryl methyl sites for hydroxylation is 2. The molecule has 10 nitrogen and oxygen atoms in total. The highest BCUT2D eigenvalue weighted by Gasteiger charge is 2.08. The molecule has 0 aliphatic heterocycles. The van der Waals surface area contributed by atoms with E-state index < -0.39 is 0 Å². The van der Waals surface area contributed by atoms with Crippen LogP contribution in [0.2, 0.25) is 10.6 Å². The minimum absolute atomic E-state index is 0.0645. The van der Waals surface area contributed by atoms with Gasteiger partial charge < -0.3 is 21.3 Å². The molecule has 4 N–H and O–H groups in total. The van der Waals surface area contributed by atoms with Gasteiger partial charge in [0, 0.05) is 24.5 Å². The Morgan fingerprint density at radius 3 is 1.21 bits per heavy atom. The summed E-state index contributed by atoms with van der Waals surface area (Å²) in [6.07, 6.45) is 15.3. The Morgan fingerprint density at radius 1 is 0.438 bits per heavy atom. The standard InChI is InChI=1S/C26H44N6.C10H8Cl2N4/c1-4-6-8-10-12-14-20-27-24-30-25(28-21-15-13-11-9-7-5-2)32-26(31-24)29-23-18-16-22(3)17-19-23;1-6-2-4-7(5-3-6)13-10-15-8(11)14-9(12)16-10/h16-19H,4-15,20-21H2,1-3H3,(H3,27,28,29,30,31,32);2-5H,1H3,(H,13,14,15,16). The maximum atomic E-state index is 5.65. The van der Waals surface area contributed by atoms with E-state index in [9.17, 15) is 0 Å². The van der Waals surface area contributed by atoms with Crippen LogP contribution in [0.4, 0.5) is 35.2 Å². The maximum Gasteiger partial charge on any atom is 0.233 e. The Hall–Kier alpha value is -3.76. The first kappa shape index (κ1) is 38.7. The number of anilines is 6. The van der Waals surface area contributed by atoms with E-state index in [1.807, 2.05) is 43.3 Å². The number of rotatable bonds is 20. The quantitative estimate of drug-likeness (QED) is 0.0664. The molecule has 0 saturated carbocycles. The number of nitrogens with one attached hydrogen (secondary N) is 4. The molecule has 0 radical (unpaired) electrons. The summed E-state index contributed by atoms with van der Waals surface area (Å²) in [6.45, 7) is 10.4. The van der Waals surface area contributed by atoms with E-state index in [2.05, 4.69) is 84.1 Å². The van der Waals surface area contributed by atoms with Crippen molar-refractivity contribution in [2.75, 3.05) is 34.4 Å². The van der Waals surface area contributed by atoms with Crippen LogP contribution in [0.25, 0.3) is 0 Å². The molecular weight excluding hydrogens is 643 g/mol. The zero-order valence-corrected chi connectivity index (χ0v) is 30.5. The van der Waals surface area contributed by atoms with Crippen molar-refractivity contribution >= 4 is 58.4 Å². The fourth-order valence-electron chi connectivity index (χ4n) is 4.71. The Morgan fingerprint density at radius 2 is 0.792 bits per heavy atom. The number of nitrogens with zero attached hydrogens (tertiary/aromatic N) is 6. The van der Waals surface area contributed by atoms with Crippen LogP contribution in [0, 0.1) is 13.8 Å². The molecule has 4 aromatic rings. The number of halogens is 2. The van der Waals surface area contributed by atoms with Crippen LogP contribution in [-0.4, -0.2) is 43.0 Å². The summed E-state index contributed by atoms with van der Waals surface area (Å²) in [4.78, 5) is 25.2. The number of hydrogen-bond acceptors (Lipinski definition) is 10. The van der Waals surface area contributed by atoms with Crippen molar-refractivity contribution in [3.05, 3.63) is 70.2 Å². The minimum Gasteiger partial charge on any atom is -0.354 e. The third-order valence-corrected chi connectivity index (χ3v) is 7.80. The summed E-state index contributed by atoms with van der Waals surface area (Å²) in [7, 11) is 0. The van der Waals surface area contributed by atoms with Gasteiger partial charge in [-0.2, -0.15) is 29.9 Å². The van der Waals surface area contributed by atoms with Crippen molar-refractivity contribution in [3.8, 4) is 0 Å². The Kier molecular flexibility index (Phi) is 18.3. The zero-order valence-electron chi connectivity index (χ0n) is 29.0. The zero-order chi connectivity index (χ0) is 34.4. The van der Waals surface area contributed by atoms with Crippen LogP contribution in [0.15, 0.2) is 48.5 Å². The second kappa shape index (κ2) is 22.7. The van der Waals surface area contributed by atoms with Gasteiger partial charge in [0.15, 0.2) is 0 Å². The third-order valence-electron chi connectivity index (χ3n) is 7.46. The second-order valence-corrected chi connectivity index (χ2v) is 12.6. The van der Waals surface area contributed by atoms with Crippen LogP contribution in [0.1, 0.15) is 102 Å².